The molecule has 2 aromatic heterocycles. The first kappa shape index (κ1) is 19.8. The number of carbonyl (C=O) groups excluding carboxylic acids is 2. The maximum absolute atomic E-state index is 12.8. The van der Waals surface area contributed by atoms with E-state index in [-0.39, 0.29) is 18.0 Å². The van der Waals surface area contributed by atoms with Gasteiger partial charge in [-0.3, -0.25) is 14.7 Å². The second kappa shape index (κ2) is 8.87. The predicted octanol–water partition coefficient (Wildman–Crippen LogP) is 2.59. The lowest BCUT2D eigenvalue weighted by Crippen LogP contribution is -2.39. The lowest BCUT2D eigenvalue weighted by Gasteiger charge is -2.27. The van der Waals surface area contributed by atoms with Crippen molar-refractivity contribution in [1.82, 2.24) is 20.2 Å². The Morgan fingerprint density at radius 3 is 3.03 bits per heavy atom. The normalized spacial score (nSPS) is 19.6. The number of aryl methyl sites for hydroxylation is 1. The molecule has 0 bridgehead atoms. The molecule has 8 nitrogen and oxygen atoms in total. The highest BCUT2D eigenvalue weighted by molar-refractivity contribution is 7.17. The summed E-state index contributed by atoms with van der Waals surface area (Å²) in [5.74, 6) is -0.186. The molecule has 2 aliphatic heterocycles. The van der Waals surface area contributed by atoms with Gasteiger partial charge in [0, 0.05) is 45.2 Å². The van der Waals surface area contributed by atoms with Gasteiger partial charge in [-0.15, -0.1) is 0 Å². The van der Waals surface area contributed by atoms with E-state index in [0.29, 0.717) is 41.9 Å². The van der Waals surface area contributed by atoms with Crippen molar-refractivity contribution in [2.75, 3.05) is 31.1 Å². The number of hydrogen-bond donors (Lipinski definition) is 1. The predicted molar refractivity (Wildman–Crippen MR) is 110 cm³/mol. The van der Waals surface area contributed by atoms with Gasteiger partial charge in [-0.25, -0.2) is 9.78 Å². The van der Waals surface area contributed by atoms with Crippen LogP contribution in [0, 0.1) is 6.92 Å². The molecule has 154 valence electrons. The van der Waals surface area contributed by atoms with Crippen LogP contribution in [-0.4, -0.2) is 59.2 Å². The van der Waals surface area contributed by atoms with Crippen molar-refractivity contribution in [2.24, 2.45) is 0 Å². The van der Waals surface area contributed by atoms with E-state index in [0.717, 1.165) is 31.4 Å². The zero-order valence-corrected chi connectivity index (χ0v) is 17.3. The molecule has 2 aliphatic rings. The Balaban J connectivity index is 1.38. The zero-order chi connectivity index (χ0) is 20.2. The molecule has 0 radical (unpaired) electrons. The third-order valence-electron chi connectivity index (χ3n) is 5.19. The summed E-state index contributed by atoms with van der Waals surface area (Å²) in [6, 6.07) is 3.68. The van der Waals surface area contributed by atoms with Crippen LogP contribution < -0.4 is 10.2 Å². The van der Waals surface area contributed by atoms with Crippen LogP contribution in [0.2, 0.25) is 0 Å². The van der Waals surface area contributed by atoms with Crippen LogP contribution in [0.1, 0.15) is 40.2 Å². The van der Waals surface area contributed by atoms with Gasteiger partial charge in [0.2, 0.25) is 0 Å². The number of anilines is 1. The average Bonchev–Trinajstić information content (AvgIpc) is 3.30. The number of nitrogens with zero attached hydrogens (tertiary/aromatic N) is 4. The summed E-state index contributed by atoms with van der Waals surface area (Å²) in [4.78, 5) is 38.0. The SMILES string of the molecule is Cc1nc(N2CCN(CC3CCCCO3)C2=O)sc1C(=O)NCc1cccnc1. The highest BCUT2D eigenvalue weighted by Gasteiger charge is 2.34. The van der Waals surface area contributed by atoms with Gasteiger partial charge in [0.15, 0.2) is 5.13 Å². The number of thiazole rings is 1. The van der Waals surface area contributed by atoms with Crippen LogP contribution in [0.5, 0.6) is 0 Å². The topological polar surface area (TPSA) is 87.7 Å². The second-order valence-electron chi connectivity index (χ2n) is 7.32. The smallest absolute Gasteiger partial charge is 0.326 e. The van der Waals surface area contributed by atoms with E-state index < -0.39 is 0 Å². The van der Waals surface area contributed by atoms with Crippen LogP contribution in [-0.2, 0) is 11.3 Å². The van der Waals surface area contributed by atoms with Crippen molar-refractivity contribution in [1.29, 1.82) is 0 Å². The van der Waals surface area contributed by atoms with Gasteiger partial charge < -0.3 is 15.0 Å². The van der Waals surface area contributed by atoms with Crippen LogP contribution in [0.15, 0.2) is 24.5 Å². The first-order valence-corrected chi connectivity index (χ1v) is 10.8. The highest BCUT2D eigenvalue weighted by Crippen LogP contribution is 2.29. The Hall–Kier alpha value is -2.52. The summed E-state index contributed by atoms with van der Waals surface area (Å²) in [7, 11) is 0. The van der Waals surface area contributed by atoms with Gasteiger partial charge in [0.1, 0.15) is 4.88 Å². The molecule has 0 spiro atoms. The number of ether oxygens (including phenoxy) is 1. The van der Waals surface area contributed by atoms with Crippen molar-refractivity contribution in [3.63, 3.8) is 0 Å². The number of urea groups is 1. The van der Waals surface area contributed by atoms with Gasteiger partial charge in [-0.05, 0) is 37.8 Å². The minimum atomic E-state index is -0.186. The minimum absolute atomic E-state index is 0.0600. The third-order valence-corrected chi connectivity index (χ3v) is 6.37. The number of amides is 3. The molecule has 9 heteroatoms. The van der Waals surface area contributed by atoms with E-state index in [9.17, 15) is 9.59 Å². The van der Waals surface area contributed by atoms with E-state index in [1.165, 1.54) is 11.3 Å². The Labute approximate surface area is 173 Å². The Kier molecular flexibility index (Phi) is 6.05. The van der Waals surface area contributed by atoms with Gasteiger partial charge >= 0.3 is 6.03 Å². The molecule has 0 saturated carbocycles. The summed E-state index contributed by atoms with van der Waals surface area (Å²) in [6.45, 7) is 4.83. The third kappa shape index (κ3) is 4.56. The van der Waals surface area contributed by atoms with E-state index in [1.807, 2.05) is 17.0 Å². The molecule has 1 atom stereocenters. The van der Waals surface area contributed by atoms with Crippen molar-refractivity contribution >= 4 is 28.4 Å². The summed E-state index contributed by atoms with van der Waals surface area (Å²) in [6.07, 6.45) is 6.79. The number of nitrogens with one attached hydrogen (secondary N) is 1. The number of pyridine rings is 1. The van der Waals surface area contributed by atoms with Crippen molar-refractivity contribution in [3.05, 3.63) is 40.7 Å². The average molecular weight is 416 g/mol. The fourth-order valence-electron chi connectivity index (χ4n) is 3.60. The monoisotopic (exact) mass is 415 g/mol. The van der Waals surface area contributed by atoms with E-state index in [4.69, 9.17) is 4.74 Å². The molecule has 0 aliphatic carbocycles. The highest BCUT2D eigenvalue weighted by atomic mass is 32.1. The van der Waals surface area contributed by atoms with Crippen LogP contribution in [0.4, 0.5) is 9.93 Å². The Morgan fingerprint density at radius 1 is 1.38 bits per heavy atom. The molecule has 2 fully saturated rings. The maximum atomic E-state index is 12.8. The molecular formula is C20H25N5O3S. The summed E-state index contributed by atoms with van der Waals surface area (Å²) in [5.41, 5.74) is 1.56. The summed E-state index contributed by atoms with van der Waals surface area (Å²) in [5, 5.41) is 3.47. The lowest BCUT2D eigenvalue weighted by molar-refractivity contribution is 0.00338. The van der Waals surface area contributed by atoms with Gasteiger partial charge in [0.25, 0.3) is 5.91 Å². The number of aromatic nitrogens is 2. The molecule has 29 heavy (non-hydrogen) atoms. The quantitative estimate of drug-likeness (QED) is 0.784. The van der Waals surface area contributed by atoms with E-state index in [1.54, 1.807) is 24.2 Å². The van der Waals surface area contributed by atoms with Crippen LogP contribution in [0.3, 0.4) is 0 Å². The standard InChI is InChI=1S/C20H25N5O3S/c1-14-17(18(26)22-12-15-5-4-7-21-11-15)29-19(23-14)25-9-8-24(20(25)27)13-16-6-2-3-10-28-16/h4-5,7,11,16H,2-3,6,8-10,12-13H2,1H3,(H,22,26). The van der Waals surface area contributed by atoms with Crippen LogP contribution in [0.25, 0.3) is 0 Å². The van der Waals surface area contributed by atoms with Gasteiger partial charge in [0.05, 0.1) is 11.8 Å². The first-order chi connectivity index (χ1) is 14.1. The first-order valence-electron chi connectivity index (χ1n) is 9.94. The zero-order valence-electron chi connectivity index (χ0n) is 16.5. The van der Waals surface area contributed by atoms with Crippen LogP contribution >= 0.6 is 11.3 Å². The van der Waals surface area contributed by atoms with Gasteiger partial charge in [-0.2, -0.15) is 0 Å². The Morgan fingerprint density at radius 2 is 2.28 bits per heavy atom. The van der Waals surface area contributed by atoms with Gasteiger partial charge in [-0.1, -0.05) is 17.4 Å². The molecule has 4 heterocycles. The number of rotatable bonds is 6. The molecule has 1 unspecified atom stereocenters. The maximum Gasteiger partial charge on any atom is 0.326 e. The fourth-order valence-corrected chi connectivity index (χ4v) is 4.60. The van der Waals surface area contributed by atoms with Crippen molar-refractivity contribution < 1.29 is 14.3 Å². The minimum Gasteiger partial charge on any atom is -0.376 e. The molecule has 2 saturated heterocycles. The van der Waals surface area contributed by atoms with Crippen molar-refractivity contribution in [2.45, 2.75) is 38.8 Å². The molecule has 2 aromatic rings. The fraction of sp³-hybridized carbons (Fsp3) is 0.500. The molecule has 0 aromatic carbocycles. The van der Waals surface area contributed by atoms with E-state index >= 15 is 0 Å². The molecule has 3 amide bonds. The summed E-state index contributed by atoms with van der Waals surface area (Å²) >= 11 is 1.26. The number of carbonyl (C=O) groups is 2. The van der Waals surface area contributed by atoms with Crippen molar-refractivity contribution in [3.8, 4) is 0 Å². The molecule has 1 N–H and O–H groups in total. The van der Waals surface area contributed by atoms with E-state index in [2.05, 4.69) is 15.3 Å². The number of hydrogen-bond acceptors (Lipinski definition) is 6. The molecular weight excluding hydrogens is 390 g/mol. The largest absolute Gasteiger partial charge is 0.376 e. The molecule has 4 rings (SSSR count). The summed E-state index contributed by atoms with van der Waals surface area (Å²) < 4.78 is 5.76. The second-order valence-corrected chi connectivity index (χ2v) is 8.30. The lowest BCUT2D eigenvalue weighted by atomic mass is 10.1. The Bertz CT molecular complexity index is 866.